The van der Waals surface area contributed by atoms with Gasteiger partial charge in [-0.2, -0.15) is 11.8 Å². The summed E-state index contributed by atoms with van der Waals surface area (Å²) in [4.78, 5) is 18.6. The number of amides is 1. The van der Waals surface area contributed by atoms with Crippen LogP contribution in [-0.2, 0) is 11.2 Å². The summed E-state index contributed by atoms with van der Waals surface area (Å²) in [6.07, 6.45) is 5.28. The number of imidazole rings is 1. The van der Waals surface area contributed by atoms with Crippen LogP contribution in [0, 0.1) is 0 Å². The molecule has 3 heterocycles. The maximum Gasteiger partial charge on any atom is 0.223 e. The molecule has 0 aliphatic carbocycles. The third-order valence-electron chi connectivity index (χ3n) is 3.37. The lowest BCUT2D eigenvalue weighted by molar-refractivity contribution is -0.130. The number of rotatable bonds is 3. The summed E-state index contributed by atoms with van der Waals surface area (Å²) in [6, 6.07) is 5.94. The van der Waals surface area contributed by atoms with E-state index in [1.54, 1.807) is 0 Å². The average molecular weight is 275 g/mol. The van der Waals surface area contributed by atoms with Gasteiger partial charge >= 0.3 is 0 Å². The van der Waals surface area contributed by atoms with Crippen LogP contribution in [0.5, 0.6) is 0 Å². The Kier molecular flexibility index (Phi) is 3.73. The van der Waals surface area contributed by atoms with Gasteiger partial charge < -0.3 is 9.30 Å². The molecule has 0 aromatic carbocycles. The van der Waals surface area contributed by atoms with E-state index in [1.165, 1.54) is 0 Å². The van der Waals surface area contributed by atoms with Crippen molar-refractivity contribution in [3.05, 3.63) is 36.3 Å². The summed E-state index contributed by atoms with van der Waals surface area (Å²) in [5, 5.41) is 0. The van der Waals surface area contributed by atoms with Crippen LogP contribution < -0.4 is 0 Å². The summed E-state index contributed by atoms with van der Waals surface area (Å²) in [6.45, 7) is 1.79. The van der Waals surface area contributed by atoms with Crippen molar-refractivity contribution in [2.24, 2.45) is 0 Å². The summed E-state index contributed by atoms with van der Waals surface area (Å²) >= 11 is 1.92. The standard InChI is InChI=1S/C14H17N3OS/c18-14(16-7-9-19-10-8-16)5-4-12-11-17-6-2-1-3-13(17)15-12/h1-3,6,11H,4-5,7-10H2. The van der Waals surface area contributed by atoms with Gasteiger partial charge in [-0.15, -0.1) is 0 Å². The van der Waals surface area contributed by atoms with E-state index >= 15 is 0 Å². The van der Waals surface area contributed by atoms with Gasteiger partial charge in [0.25, 0.3) is 0 Å². The van der Waals surface area contributed by atoms with Crippen LogP contribution in [-0.4, -0.2) is 44.8 Å². The Morgan fingerprint density at radius 2 is 2.16 bits per heavy atom. The van der Waals surface area contributed by atoms with E-state index in [-0.39, 0.29) is 5.91 Å². The van der Waals surface area contributed by atoms with Crippen LogP contribution in [0.4, 0.5) is 0 Å². The van der Waals surface area contributed by atoms with Crippen molar-refractivity contribution in [3.8, 4) is 0 Å². The van der Waals surface area contributed by atoms with Crippen LogP contribution >= 0.6 is 11.8 Å². The quantitative estimate of drug-likeness (QED) is 0.858. The van der Waals surface area contributed by atoms with Gasteiger partial charge in [0.2, 0.25) is 5.91 Å². The minimum absolute atomic E-state index is 0.261. The van der Waals surface area contributed by atoms with Crippen molar-refractivity contribution in [1.82, 2.24) is 14.3 Å². The maximum absolute atomic E-state index is 12.1. The molecule has 0 saturated carbocycles. The predicted octanol–water partition coefficient (Wildman–Crippen LogP) is 1.84. The minimum Gasteiger partial charge on any atom is -0.341 e. The zero-order valence-corrected chi connectivity index (χ0v) is 11.6. The van der Waals surface area contributed by atoms with Crippen LogP contribution in [0.2, 0.25) is 0 Å². The minimum atomic E-state index is 0.261. The SMILES string of the molecule is O=C(CCc1cn2ccccc2n1)N1CCSCC1. The normalized spacial score (nSPS) is 15.9. The topological polar surface area (TPSA) is 37.6 Å². The van der Waals surface area contributed by atoms with Gasteiger partial charge in [0.05, 0.1) is 5.69 Å². The van der Waals surface area contributed by atoms with Crippen molar-refractivity contribution < 1.29 is 4.79 Å². The van der Waals surface area contributed by atoms with Crippen molar-refractivity contribution in [2.75, 3.05) is 24.6 Å². The van der Waals surface area contributed by atoms with Gasteiger partial charge in [-0.25, -0.2) is 4.98 Å². The number of carbonyl (C=O) groups is 1. The molecule has 1 fully saturated rings. The lowest BCUT2D eigenvalue weighted by Crippen LogP contribution is -2.37. The van der Waals surface area contributed by atoms with Crippen molar-refractivity contribution in [1.29, 1.82) is 0 Å². The average Bonchev–Trinajstić information content (AvgIpc) is 2.88. The fourth-order valence-corrected chi connectivity index (χ4v) is 3.22. The molecule has 4 nitrogen and oxygen atoms in total. The van der Waals surface area contributed by atoms with Crippen LogP contribution in [0.15, 0.2) is 30.6 Å². The van der Waals surface area contributed by atoms with E-state index in [0.29, 0.717) is 6.42 Å². The molecule has 5 heteroatoms. The fourth-order valence-electron chi connectivity index (χ4n) is 2.31. The highest BCUT2D eigenvalue weighted by Gasteiger charge is 2.16. The number of hydrogen-bond donors (Lipinski definition) is 0. The lowest BCUT2D eigenvalue weighted by Gasteiger charge is -2.26. The first-order valence-electron chi connectivity index (χ1n) is 6.61. The molecule has 19 heavy (non-hydrogen) atoms. The van der Waals surface area contributed by atoms with E-state index in [1.807, 2.05) is 51.7 Å². The zero-order chi connectivity index (χ0) is 13.1. The highest BCUT2D eigenvalue weighted by atomic mass is 32.2. The molecule has 0 atom stereocenters. The van der Waals surface area contributed by atoms with Crippen molar-refractivity contribution >= 4 is 23.3 Å². The molecule has 0 radical (unpaired) electrons. The predicted molar refractivity (Wildman–Crippen MR) is 77.4 cm³/mol. The third-order valence-corrected chi connectivity index (χ3v) is 4.32. The Labute approximate surface area is 116 Å². The van der Waals surface area contributed by atoms with Gasteiger partial charge in [-0.1, -0.05) is 6.07 Å². The van der Waals surface area contributed by atoms with Crippen molar-refractivity contribution in [3.63, 3.8) is 0 Å². The van der Waals surface area contributed by atoms with E-state index in [4.69, 9.17) is 0 Å². The van der Waals surface area contributed by atoms with Gasteiger partial charge in [-0.05, 0) is 18.6 Å². The fraction of sp³-hybridized carbons (Fsp3) is 0.429. The molecule has 3 rings (SSSR count). The molecule has 2 aromatic rings. The Morgan fingerprint density at radius 3 is 2.95 bits per heavy atom. The molecule has 1 saturated heterocycles. The van der Waals surface area contributed by atoms with Gasteiger partial charge in [0.15, 0.2) is 0 Å². The molecule has 2 aromatic heterocycles. The van der Waals surface area contributed by atoms with E-state index in [9.17, 15) is 4.79 Å². The van der Waals surface area contributed by atoms with Crippen molar-refractivity contribution in [2.45, 2.75) is 12.8 Å². The molecule has 1 aliphatic rings. The summed E-state index contributed by atoms with van der Waals surface area (Å²) in [7, 11) is 0. The van der Waals surface area contributed by atoms with Crippen LogP contribution in [0.25, 0.3) is 5.65 Å². The smallest absolute Gasteiger partial charge is 0.223 e. The van der Waals surface area contributed by atoms with E-state index in [0.717, 1.165) is 42.4 Å². The first kappa shape index (κ1) is 12.5. The summed E-state index contributed by atoms with van der Waals surface area (Å²) in [5.41, 5.74) is 1.94. The molecule has 1 aliphatic heterocycles. The van der Waals surface area contributed by atoms with E-state index < -0.39 is 0 Å². The third kappa shape index (κ3) is 2.92. The van der Waals surface area contributed by atoms with Crippen LogP contribution in [0.1, 0.15) is 12.1 Å². The largest absolute Gasteiger partial charge is 0.341 e. The number of fused-ring (bicyclic) bond motifs is 1. The summed E-state index contributed by atoms with van der Waals surface area (Å²) in [5.74, 6) is 2.40. The molecule has 100 valence electrons. The Morgan fingerprint density at radius 1 is 1.32 bits per heavy atom. The zero-order valence-electron chi connectivity index (χ0n) is 10.8. The monoisotopic (exact) mass is 275 g/mol. The lowest BCUT2D eigenvalue weighted by atomic mass is 10.2. The molecule has 0 spiro atoms. The van der Waals surface area contributed by atoms with Gasteiger partial charge in [-0.3, -0.25) is 4.79 Å². The number of pyridine rings is 1. The molecular formula is C14H17N3OS. The number of aryl methyl sites for hydroxylation is 1. The maximum atomic E-state index is 12.1. The first-order chi connectivity index (χ1) is 9.33. The Balaban J connectivity index is 1.60. The molecular weight excluding hydrogens is 258 g/mol. The van der Waals surface area contributed by atoms with Gasteiger partial charge in [0.1, 0.15) is 5.65 Å². The highest BCUT2D eigenvalue weighted by Crippen LogP contribution is 2.12. The number of nitrogens with zero attached hydrogens (tertiary/aromatic N) is 3. The Hall–Kier alpha value is -1.49. The molecule has 1 amide bonds. The Bertz CT molecular complexity index is 542. The summed E-state index contributed by atoms with van der Waals surface area (Å²) < 4.78 is 2.00. The second-order valence-corrected chi connectivity index (χ2v) is 5.92. The molecule has 0 unspecified atom stereocenters. The number of carbonyl (C=O) groups excluding carboxylic acids is 1. The molecule has 0 N–H and O–H groups in total. The second kappa shape index (κ2) is 5.65. The van der Waals surface area contributed by atoms with E-state index in [2.05, 4.69) is 4.98 Å². The van der Waals surface area contributed by atoms with Gasteiger partial charge in [0, 0.05) is 43.4 Å². The second-order valence-electron chi connectivity index (χ2n) is 4.69. The number of hydrogen-bond acceptors (Lipinski definition) is 3. The molecule has 0 bridgehead atoms. The number of aromatic nitrogens is 2. The first-order valence-corrected chi connectivity index (χ1v) is 7.76. The van der Waals surface area contributed by atoms with Crippen LogP contribution in [0.3, 0.4) is 0 Å². The number of thioether (sulfide) groups is 1. The highest BCUT2D eigenvalue weighted by molar-refractivity contribution is 7.99.